The number of alkyl halides is 3. The van der Waals surface area contributed by atoms with Crippen molar-refractivity contribution in [2.24, 2.45) is 5.73 Å². The molecule has 11 heteroatoms. The average Bonchev–Trinajstić information content (AvgIpc) is 2.79. The molecule has 7 nitrogen and oxygen atoms in total. The van der Waals surface area contributed by atoms with E-state index in [1.807, 2.05) is 4.90 Å². The molecular weight excluding hydrogens is 459 g/mol. The van der Waals surface area contributed by atoms with Crippen molar-refractivity contribution in [3.8, 4) is 22.5 Å². The van der Waals surface area contributed by atoms with Gasteiger partial charge in [-0.05, 0) is 18.2 Å². The zero-order chi connectivity index (χ0) is 23.8. The summed E-state index contributed by atoms with van der Waals surface area (Å²) in [4.78, 5) is 26.5. The number of aromatic nitrogens is 3. The van der Waals surface area contributed by atoms with Crippen LogP contribution in [0.5, 0.6) is 0 Å². The van der Waals surface area contributed by atoms with E-state index in [2.05, 4.69) is 9.97 Å². The Bertz CT molecular complexity index is 1180. The van der Waals surface area contributed by atoms with E-state index in [1.165, 1.54) is 30.7 Å². The number of piperidine rings is 1. The van der Waals surface area contributed by atoms with E-state index in [4.69, 9.17) is 22.3 Å². The summed E-state index contributed by atoms with van der Waals surface area (Å²) in [6.07, 6.45) is 0.286. The van der Waals surface area contributed by atoms with Gasteiger partial charge in [-0.2, -0.15) is 13.2 Å². The Balaban J connectivity index is 1.74. The van der Waals surface area contributed by atoms with Crippen molar-refractivity contribution in [3.05, 3.63) is 59.5 Å². The maximum Gasteiger partial charge on any atom is 0.416 e. The lowest BCUT2D eigenvalue weighted by Crippen LogP contribution is -2.52. The van der Waals surface area contributed by atoms with Crippen LogP contribution in [0.3, 0.4) is 0 Å². The molecule has 0 atom stereocenters. The molecular formula is C22H19ClF3N5O2. The van der Waals surface area contributed by atoms with Gasteiger partial charge < -0.3 is 15.7 Å². The van der Waals surface area contributed by atoms with Crippen LogP contribution in [0.4, 0.5) is 19.0 Å². The lowest BCUT2D eigenvalue weighted by Gasteiger charge is -2.36. The van der Waals surface area contributed by atoms with Crippen molar-refractivity contribution in [1.29, 1.82) is 0 Å². The molecule has 0 radical (unpaired) electrons. The largest absolute Gasteiger partial charge is 0.416 e. The Hall–Kier alpha value is -3.24. The molecule has 172 valence electrons. The highest BCUT2D eigenvalue weighted by Gasteiger charge is 2.38. The summed E-state index contributed by atoms with van der Waals surface area (Å²) in [5.74, 6) is -0.296. The second-order valence-corrected chi connectivity index (χ2v) is 8.15. The van der Waals surface area contributed by atoms with E-state index in [0.717, 1.165) is 12.1 Å². The summed E-state index contributed by atoms with van der Waals surface area (Å²) in [6.45, 7) is 0.633. The van der Waals surface area contributed by atoms with Crippen molar-refractivity contribution in [2.75, 3.05) is 18.0 Å². The average molecular weight is 478 g/mol. The molecule has 33 heavy (non-hydrogen) atoms. The summed E-state index contributed by atoms with van der Waals surface area (Å²) < 4.78 is 38.9. The molecule has 1 fully saturated rings. The molecule has 3 N–H and O–H groups in total. The smallest absolute Gasteiger partial charge is 0.380 e. The minimum Gasteiger partial charge on any atom is -0.380 e. The van der Waals surface area contributed by atoms with E-state index in [-0.39, 0.29) is 12.8 Å². The zero-order valence-corrected chi connectivity index (χ0v) is 17.9. The number of carbonyl (C=O) groups excluding carboxylic acids is 1. The molecule has 1 amide bonds. The first-order chi connectivity index (χ1) is 15.6. The third-order valence-electron chi connectivity index (χ3n) is 5.65. The van der Waals surface area contributed by atoms with Crippen molar-refractivity contribution in [1.82, 2.24) is 15.0 Å². The molecule has 0 bridgehead atoms. The Labute approximate surface area is 192 Å². The van der Waals surface area contributed by atoms with Gasteiger partial charge in [0.05, 0.1) is 22.5 Å². The second-order valence-electron chi connectivity index (χ2n) is 7.74. The van der Waals surface area contributed by atoms with Crippen molar-refractivity contribution >= 4 is 23.3 Å². The van der Waals surface area contributed by atoms with Crippen LogP contribution in [0, 0.1) is 0 Å². The minimum absolute atomic E-state index is 0.135. The number of anilines is 1. The predicted molar refractivity (Wildman–Crippen MR) is 116 cm³/mol. The predicted octanol–water partition coefficient (Wildman–Crippen LogP) is 3.69. The van der Waals surface area contributed by atoms with Gasteiger partial charge in [0.1, 0.15) is 17.1 Å². The monoisotopic (exact) mass is 477 g/mol. The number of benzene rings is 1. The SMILES string of the molecule is NC(=O)C1(O)CCN(c2cnc(-c3ccc(C(F)(F)F)cc3)c(-c3ccncc3Cl)n2)CC1. The first kappa shape index (κ1) is 22.9. The fourth-order valence-corrected chi connectivity index (χ4v) is 3.88. The summed E-state index contributed by atoms with van der Waals surface area (Å²) in [7, 11) is 0. The molecule has 1 aliphatic rings. The fourth-order valence-electron chi connectivity index (χ4n) is 3.67. The molecule has 0 saturated carbocycles. The molecule has 1 aliphatic heterocycles. The number of nitrogens with zero attached hydrogens (tertiary/aromatic N) is 4. The van der Waals surface area contributed by atoms with Gasteiger partial charge in [-0.3, -0.25) is 14.8 Å². The topological polar surface area (TPSA) is 105 Å². The maximum atomic E-state index is 13.0. The number of amides is 1. The third kappa shape index (κ3) is 4.62. The van der Waals surface area contributed by atoms with Gasteiger partial charge in [-0.15, -0.1) is 0 Å². The standard InChI is InChI=1S/C22H19ClF3N5O2/c23-16-11-28-8-5-15(16)19-18(13-1-3-14(4-2-13)22(24,25)26)29-12-17(30-19)31-9-6-21(33,7-10-31)20(27)32/h1-5,8,11-12,33H,6-7,9-10H2,(H2,27,32). The van der Waals surface area contributed by atoms with Crippen LogP contribution in [0.1, 0.15) is 18.4 Å². The fraction of sp³-hybridized carbons (Fsp3) is 0.273. The van der Waals surface area contributed by atoms with E-state index in [9.17, 15) is 23.1 Å². The summed E-state index contributed by atoms with van der Waals surface area (Å²) >= 11 is 6.34. The number of hydrogen-bond donors (Lipinski definition) is 2. The summed E-state index contributed by atoms with van der Waals surface area (Å²) in [5, 5.41) is 10.6. The highest BCUT2D eigenvalue weighted by molar-refractivity contribution is 6.33. The number of hydrogen-bond acceptors (Lipinski definition) is 6. The minimum atomic E-state index is -4.45. The van der Waals surface area contributed by atoms with Crippen LogP contribution in [-0.2, 0) is 11.0 Å². The number of pyridine rings is 1. The molecule has 1 aromatic carbocycles. The Morgan fingerprint density at radius 3 is 2.33 bits per heavy atom. The molecule has 4 rings (SSSR count). The molecule has 0 unspecified atom stereocenters. The van der Waals surface area contributed by atoms with Gasteiger partial charge in [0, 0.05) is 49.5 Å². The van der Waals surface area contributed by atoms with Crippen LogP contribution >= 0.6 is 11.6 Å². The highest BCUT2D eigenvalue weighted by Crippen LogP contribution is 2.36. The number of nitrogens with two attached hydrogens (primary N) is 1. The lowest BCUT2D eigenvalue weighted by atomic mass is 9.91. The van der Waals surface area contributed by atoms with Crippen molar-refractivity contribution < 1.29 is 23.1 Å². The zero-order valence-electron chi connectivity index (χ0n) is 17.2. The van der Waals surface area contributed by atoms with Crippen LogP contribution in [-0.4, -0.2) is 44.7 Å². The molecule has 0 spiro atoms. The third-order valence-corrected chi connectivity index (χ3v) is 5.95. The van der Waals surface area contributed by atoms with E-state index in [1.54, 1.807) is 6.07 Å². The van der Waals surface area contributed by atoms with Crippen LogP contribution in [0.15, 0.2) is 48.9 Å². The number of primary amides is 1. The molecule has 0 aliphatic carbocycles. The quantitative estimate of drug-likeness (QED) is 0.593. The van der Waals surface area contributed by atoms with Crippen molar-refractivity contribution in [2.45, 2.75) is 24.6 Å². The Morgan fingerprint density at radius 2 is 1.76 bits per heavy atom. The number of rotatable bonds is 4. The van der Waals surface area contributed by atoms with E-state index < -0.39 is 23.2 Å². The Morgan fingerprint density at radius 1 is 1.09 bits per heavy atom. The Kier molecular flexibility index (Phi) is 5.98. The first-order valence-corrected chi connectivity index (χ1v) is 10.4. The number of aliphatic hydroxyl groups is 1. The molecule has 3 aromatic rings. The van der Waals surface area contributed by atoms with Gasteiger partial charge in [-0.1, -0.05) is 23.7 Å². The van der Waals surface area contributed by atoms with Gasteiger partial charge in [-0.25, -0.2) is 4.98 Å². The normalized spacial score (nSPS) is 16.0. The molecule has 2 aromatic heterocycles. The van der Waals surface area contributed by atoms with Crippen LogP contribution < -0.4 is 10.6 Å². The number of carbonyl (C=O) groups is 1. The molecule has 1 saturated heterocycles. The van der Waals surface area contributed by atoms with E-state index in [0.29, 0.717) is 46.4 Å². The van der Waals surface area contributed by atoms with Gasteiger partial charge in [0.2, 0.25) is 5.91 Å². The maximum absolute atomic E-state index is 13.0. The van der Waals surface area contributed by atoms with Crippen molar-refractivity contribution in [3.63, 3.8) is 0 Å². The lowest BCUT2D eigenvalue weighted by molar-refractivity contribution is -0.138. The summed E-state index contributed by atoms with van der Waals surface area (Å²) in [5.41, 5.74) is 4.64. The van der Waals surface area contributed by atoms with Gasteiger partial charge >= 0.3 is 6.18 Å². The van der Waals surface area contributed by atoms with E-state index >= 15 is 0 Å². The second kappa shape index (κ2) is 8.60. The first-order valence-electron chi connectivity index (χ1n) is 10.0. The van der Waals surface area contributed by atoms with Crippen LogP contribution in [0.25, 0.3) is 22.5 Å². The van der Waals surface area contributed by atoms with Gasteiger partial charge in [0.15, 0.2) is 0 Å². The molecule has 3 heterocycles. The van der Waals surface area contributed by atoms with Gasteiger partial charge in [0.25, 0.3) is 0 Å². The van der Waals surface area contributed by atoms with Crippen LogP contribution in [0.2, 0.25) is 5.02 Å². The number of halogens is 4. The highest BCUT2D eigenvalue weighted by atomic mass is 35.5. The summed E-state index contributed by atoms with van der Waals surface area (Å²) in [6, 6.07) is 6.28.